The number of pyridine rings is 1. The molecule has 0 saturated carbocycles. The first-order chi connectivity index (χ1) is 12.2. The fourth-order valence-electron chi connectivity index (χ4n) is 3.48. The van der Waals surface area contributed by atoms with Gasteiger partial charge in [0.15, 0.2) is 0 Å². The molecule has 0 amide bonds. The number of rotatable bonds is 4. The van der Waals surface area contributed by atoms with Crippen molar-refractivity contribution in [1.82, 2.24) is 9.38 Å². The first kappa shape index (κ1) is 15.7. The van der Waals surface area contributed by atoms with Gasteiger partial charge in [0.2, 0.25) is 0 Å². The van der Waals surface area contributed by atoms with Crippen LogP contribution in [0.2, 0.25) is 0 Å². The van der Waals surface area contributed by atoms with Crippen LogP contribution in [0.25, 0.3) is 16.9 Å². The van der Waals surface area contributed by atoms with Crippen LogP contribution in [0.3, 0.4) is 0 Å². The van der Waals surface area contributed by atoms with Crippen molar-refractivity contribution in [3.8, 4) is 11.3 Å². The van der Waals surface area contributed by atoms with Crippen molar-refractivity contribution in [3.05, 3.63) is 64.5 Å². The zero-order valence-electron chi connectivity index (χ0n) is 13.9. The van der Waals surface area contributed by atoms with Gasteiger partial charge in [-0.25, -0.2) is 4.98 Å². The maximum absolute atomic E-state index is 10.9. The van der Waals surface area contributed by atoms with Crippen LogP contribution in [0.15, 0.2) is 48.7 Å². The number of piperazine rings is 1. The van der Waals surface area contributed by atoms with E-state index in [1.54, 1.807) is 29.2 Å². The van der Waals surface area contributed by atoms with Gasteiger partial charge in [0, 0.05) is 23.9 Å². The second-order valence-corrected chi connectivity index (χ2v) is 6.43. The highest BCUT2D eigenvalue weighted by Gasteiger charge is 2.22. The summed E-state index contributed by atoms with van der Waals surface area (Å²) in [6.07, 6.45) is 2.04. The summed E-state index contributed by atoms with van der Waals surface area (Å²) < 4.78 is 2.14. The second-order valence-electron chi connectivity index (χ2n) is 6.43. The number of fused-ring (bicyclic) bond motifs is 1. The number of non-ortho nitro benzene ring substituents is 1. The van der Waals surface area contributed by atoms with Crippen LogP contribution >= 0.6 is 0 Å². The largest absolute Gasteiger partial charge is 0.337 e. The minimum absolute atomic E-state index is 0.103. The van der Waals surface area contributed by atoms with Crippen molar-refractivity contribution in [2.24, 2.45) is 0 Å². The third-order valence-electron chi connectivity index (χ3n) is 4.80. The molecule has 3 aromatic rings. The van der Waals surface area contributed by atoms with Crippen molar-refractivity contribution in [3.63, 3.8) is 0 Å². The van der Waals surface area contributed by atoms with E-state index in [0.29, 0.717) is 0 Å². The molecule has 1 aliphatic rings. The average Bonchev–Trinajstić information content (AvgIpc) is 3.01. The Morgan fingerprint density at radius 3 is 2.64 bits per heavy atom. The van der Waals surface area contributed by atoms with Gasteiger partial charge in [-0.05, 0) is 24.3 Å². The zero-order chi connectivity index (χ0) is 17.2. The molecule has 1 saturated heterocycles. The fraction of sp³-hybridized carbons (Fsp3) is 0.278. The first-order valence-electron chi connectivity index (χ1n) is 8.58. The number of benzene rings is 1. The number of nitro groups is 1. The minimum atomic E-state index is -0.372. The molecule has 0 unspecified atom stereocenters. The van der Waals surface area contributed by atoms with Crippen molar-refractivity contribution >= 4 is 11.3 Å². The van der Waals surface area contributed by atoms with Gasteiger partial charge in [-0.3, -0.25) is 14.5 Å². The summed E-state index contributed by atoms with van der Waals surface area (Å²) in [5, 5.41) is 13.3. The molecule has 2 aromatic heterocycles. The number of aromatic nitrogens is 2. The van der Waals surface area contributed by atoms with E-state index >= 15 is 0 Å². The molecule has 3 heterocycles. The van der Waals surface area contributed by atoms with E-state index in [2.05, 4.69) is 9.72 Å². The van der Waals surface area contributed by atoms with Crippen LogP contribution in [0.4, 0.5) is 5.69 Å². The zero-order valence-corrected chi connectivity index (χ0v) is 13.9. The molecule has 25 heavy (non-hydrogen) atoms. The summed E-state index contributed by atoms with van der Waals surface area (Å²) in [7, 11) is 0. The standard InChI is InChI=1S/C18H19N5O2/c24-23(25)15-6-4-14(5-7-15)18-16(13-21-11-8-19-9-12-21)22-10-2-1-3-17(22)20-18/h1-7,10,19H,8-9,11-13H2/p+2. The minimum Gasteiger partial charge on any atom is -0.337 e. The Morgan fingerprint density at radius 1 is 1.16 bits per heavy atom. The van der Waals surface area contributed by atoms with Gasteiger partial charge >= 0.3 is 0 Å². The first-order valence-corrected chi connectivity index (χ1v) is 8.58. The van der Waals surface area contributed by atoms with Gasteiger partial charge < -0.3 is 10.2 Å². The van der Waals surface area contributed by atoms with Gasteiger partial charge in [0.05, 0.1) is 10.6 Å². The number of nitrogens with two attached hydrogens (primary N) is 1. The fourth-order valence-corrected chi connectivity index (χ4v) is 3.48. The van der Waals surface area contributed by atoms with Crippen molar-refractivity contribution < 1.29 is 15.1 Å². The van der Waals surface area contributed by atoms with E-state index in [4.69, 9.17) is 4.98 Å². The lowest BCUT2D eigenvalue weighted by molar-refractivity contribution is -0.958. The maximum Gasteiger partial charge on any atom is 0.269 e. The molecule has 1 aromatic carbocycles. The number of hydrogen-bond acceptors (Lipinski definition) is 3. The number of nitrogens with zero attached hydrogens (tertiary/aromatic N) is 3. The molecule has 0 atom stereocenters. The molecule has 7 nitrogen and oxygen atoms in total. The lowest BCUT2D eigenvalue weighted by Crippen LogP contribution is -3.19. The number of hydrogen-bond donors (Lipinski definition) is 2. The second kappa shape index (κ2) is 6.62. The predicted octanol–water partition coefficient (Wildman–Crippen LogP) is -0.129. The Bertz CT molecular complexity index is 897. The molecule has 0 bridgehead atoms. The molecule has 4 rings (SSSR count). The summed E-state index contributed by atoms with van der Waals surface area (Å²) in [6.45, 7) is 5.49. The number of nitrogens with one attached hydrogen (secondary N) is 1. The van der Waals surface area contributed by atoms with Gasteiger partial charge in [-0.2, -0.15) is 0 Å². The quantitative estimate of drug-likeness (QED) is 0.513. The lowest BCUT2D eigenvalue weighted by Gasteiger charge is -2.22. The molecule has 0 spiro atoms. The lowest BCUT2D eigenvalue weighted by atomic mass is 10.1. The Balaban J connectivity index is 1.76. The Labute approximate surface area is 145 Å². The van der Waals surface area contributed by atoms with Crippen molar-refractivity contribution in [2.45, 2.75) is 6.54 Å². The van der Waals surface area contributed by atoms with E-state index in [0.717, 1.165) is 49.6 Å². The highest BCUT2D eigenvalue weighted by molar-refractivity contribution is 5.67. The van der Waals surface area contributed by atoms with Gasteiger partial charge in [-0.15, -0.1) is 0 Å². The molecule has 0 aliphatic carbocycles. The highest BCUT2D eigenvalue weighted by Crippen LogP contribution is 2.26. The molecular formula is C18H21N5O2+2. The smallest absolute Gasteiger partial charge is 0.269 e. The summed E-state index contributed by atoms with van der Waals surface area (Å²) >= 11 is 0. The van der Waals surface area contributed by atoms with Crippen LogP contribution in [0.5, 0.6) is 0 Å². The number of imidazole rings is 1. The van der Waals surface area contributed by atoms with Crippen LogP contribution in [0.1, 0.15) is 5.69 Å². The Hall–Kier alpha value is -2.77. The monoisotopic (exact) mass is 339 g/mol. The third-order valence-corrected chi connectivity index (χ3v) is 4.80. The third kappa shape index (κ3) is 3.11. The molecule has 7 heteroatoms. The van der Waals surface area contributed by atoms with E-state index in [-0.39, 0.29) is 10.6 Å². The van der Waals surface area contributed by atoms with E-state index in [1.807, 2.05) is 24.4 Å². The summed E-state index contributed by atoms with van der Waals surface area (Å²) in [4.78, 5) is 16.9. The molecular weight excluding hydrogens is 318 g/mol. The molecule has 1 fully saturated rings. The van der Waals surface area contributed by atoms with E-state index in [1.165, 1.54) is 5.69 Å². The van der Waals surface area contributed by atoms with Crippen LogP contribution in [-0.2, 0) is 6.54 Å². The summed E-state index contributed by atoms with van der Waals surface area (Å²) in [5.74, 6) is 0. The van der Waals surface area contributed by atoms with Crippen molar-refractivity contribution in [2.75, 3.05) is 26.2 Å². The van der Waals surface area contributed by atoms with Crippen LogP contribution < -0.4 is 10.2 Å². The highest BCUT2D eigenvalue weighted by atomic mass is 16.6. The maximum atomic E-state index is 10.9. The SMILES string of the molecule is O=[N+]([O-])c1ccc(-c2nc3ccccn3c2C[NH+]2CC[NH2+]CC2)cc1. The van der Waals surface area contributed by atoms with E-state index in [9.17, 15) is 10.1 Å². The average molecular weight is 339 g/mol. The summed E-state index contributed by atoms with van der Waals surface area (Å²) in [5.41, 5.74) is 4.02. The number of quaternary nitrogens is 2. The van der Waals surface area contributed by atoms with Gasteiger partial charge in [0.25, 0.3) is 5.69 Å². The van der Waals surface area contributed by atoms with Crippen LogP contribution in [0, 0.1) is 10.1 Å². The molecule has 128 valence electrons. The van der Waals surface area contributed by atoms with Crippen molar-refractivity contribution in [1.29, 1.82) is 0 Å². The van der Waals surface area contributed by atoms with Gasteiger partial charge in [-0.1, -0.05) is 6.07 Å². The normalized spacial score (nSPS) is 15.5. The Kier molecular flexibility index (Phi) is 4.17. The predicted molar refractivity (Wildman–Crippen MR) is 93.3 cm³/mol. The molecule has 0 radical (unpaired) electrons. The number of nitro benzene ring substituents is 1. The Morgan fingerprint density at radius 2 is 1.92 bits per heavy atom. The molecule has 3 N–H and O–H groups in total. The summed E-state index contributed by atoms with van der Waals surface area (Å²) in [6, 6.07) is 12.7. The van der Waals surface area contributed by atoms with Crippen LogP contribution in [-0.4, -0.2) is 40.5 Å². The van der Waals surface area contributed by atoms with E-state index < -0.39 is 0 Å². The topological polar surface area (TPSA) is 81.5 Å². The molecule has 1 aliphatic heterocycles. The van der Waals surface area contributed by atoms with Gasteiger partial charge in [0.1, 0.15) is 44.1 Å².